The molecule has 1 aromatic heterocycles. The van der Waals surface area contributed by atoms with E-state index in [9.17, 15) is 0 Å². The molecule has 96 valence electrons. The van der Waals surface area contributed by atoms with E-state index < -0.39 is 0 Å². The SMILES string of the molecule is CCNC(CCC(C)(C)C)c1ccncc1C. The van der Waals surface area contributed by atoms with Crippen molar-refractivity contribution in [2.24, 2.45) is 5.41 Å². The Morgan fingerprint density at radius 2 is 2.06 bits per heavy atom. The van der Waals surface area contributed by atoms with E-state index in [1.807, 2.05) is 12.4 Å². The zero-order chi connectivity index (χ0) is 12.9. The first kappa shape index (κ1) is 14.2. The fraction of sp³-hybridized carbons (Fsp3) is 0.667. The van der Waals surface area contributed by atoms with Gasteiger partial charge in [-0.25, -0.2) is 0 Å². The molecule has 1 N–H and O–H groups in total. The molecule has 1 atom stereocenters. The summed E-state index contributed by atoms with van der Waals surface area (Å²) in [6.45, 7) is 12.2. The standard InChI is InChI=1S/C15H26N2/c1-6-17-14(7-9-15(3,4)5)13-8-10-16-11-12(13)2/h8,10-11,14,17H,6-7,9H2,1-5H3. The molecule has 1 rings (SSSR count). The van der Waals surface area contributed by atoms with Crippen LogP contribution in [0.25, 0.3) is 0 Å². The van der Waals surface area contributed by atoms with Gasteiger partial charge in [-0.05, 0) is 48.9 Å². The van der Waals surface area contributed by atoms with Crippen LogP contribution in [0.2, 0.25) is 0 Å². The van der Waals surface area contributed by atoms with E-state index >= 15 is 0 Å². The van der Waals surface area contributed by atoms with Crippen LogP contribution in [0.1, 0.15) is 57.7 Å². The lowest BCUT2D eigenvalue weighted by molar-refractivity contribution is 0.333. The van der Waals surface area contributed by atoms with Gasteiger partial charge in [0.1, 0.15) is 0 Å². The van der Waals surface area contributed by atoms with Crippen LogP contribution in [0.3, 0.4) is 0 Å². The van der Waals surface area contributed by atoms with Crippen molar-refractivity contribution in [2.45, 2.75) is 53.5 Å². The summed E-state index contributed by atoms with van der Waals surface area (Å²) >= 11 is 0. The van der Waals surface area contributed by atoms with E-state index in [4.69, 9.17) is 0 Å². The van der Waals surface area contributed by atoms with Gasteiger partial charge in [0.15, 0.2) is 0 Å². The van der Waals surface area contributed by atoms with Crippen LogP contribution >= 0.6 is 0 Å². The summed E-state index contributed by atoms with van der Waals surface area (Å²) in [6, 6.07) is 2.60. The molecular formula is C15H26N2. The number of aromatic nitrogens is 1. The maximum atomic E-state index is 4.17. The number of nitrogens with one attached hydrogen (secondary N) is 1. The zero-order valence-corrected chi connectivity index (χ0v) is 11.9. The Labute approximate surface area is 106 Å². The first-order valence-corrected chi connectivity index (χ1v) is 6.58. The molecule has 0 aliphatic carbocycles. The third-order valence-electron chi connectivity index (χ3n) is 3.07. The summed E-state index contributed by atoms with van der Waals surface area (Å²) in [4.78, 5) is 4.17. The van der Waals surface area contributed by atoms with Crippen molar-refractivity contribution >= 4 is 0 Å². The van der Waals surface area contributed by atoms with Crippen LogP contribution in [0, 0.1) is 12.3 Å². The molecule has 0 aliphatic heterocycles. The third-order valence-corrected chi connectivity index (χ3v) is 3.07. The summed E-state index contributed by atoms with van der Waals surface area (Å²) in [5.74, 6) is 0. The first-order chi connectivity index (χ1) is 7.94. The van der Waals surface area contributed by atoms with Gasteiger partial charge in [0.05, 0.1) is 0 Å². The first-order valence-electron chi connectivity index (χ1n) is 6.58. The number of aryl methyl sites for hydroxylation is 1. The van der Waals surface area contributed by atoms with Crippen LogP contribution in [-0.2, 0) is 0 Å². The lowest BCUT2D eigenvalue weighted by atomic mass is 9.86. The molecule has 0 fully saturated rings. The Morgan fingerprint density at radius 3 is 2.59 bits per heavy atom. The van der Waals surface area contributed by atoms with Crippen molar-refractivity contribution in [3.05, 3.63) is 29.6 Å². The molecule has 2 heteroatoms. The van der Waals surface area contributed by atoms with Gasteiger partial charge in [-0.15, -0.1) is 0 Å². The fourth-order valence-electron chi connectivity index (χ4n) is 2.07. The van der Waals surface area contributed by atoms with E-state index in [1.54, 1.807) is 0 Å². The highest BCUT2D eigenvalue weighted by molar-refractivity contribution is 5.25. The summed E-state index contributed by atoms with van der Waals surface area (Å²) in [6.07, 6.45) is 6.26. The zero-order valence-electron chi connectivity index (χ0n) is 11.9. The van der Waals surface area contributed by atoms with Gasteiger partial charge >= 0.3 is 0 Å². The molecule has 17 heavy (non-hydrogen) atoms. The second kappa shape index (κ2) is 6.15. The molecule has 0 saturated heterocycles. The summed E-state index contributed by atoms with van der Waals surface area (Å²) in [5.41, 5.74) is 3.08. The summed E-state index contributed by atoms with van der Waals surface area (Å²) in [5, 5.41) is 3.58. The Morgan fingerprint density at radius 1 is 1.35 bits per heavy atom. The van der Waals surface area contributed by atoms with E-state index in [0.717, 1.165) is 6.54 Å². The molecule has 0 aromatic carbocycles. The highest BCUT2D eigenvalue weighted by Gasteiger charge is 2.17. The largest absolute Gasteiger partial charge is 0.310 e. The minimum atomic E-state index is 0.397. The fourth-order valence-corrected chi connectivity index (χ4v) is 2.07. The smallest absolute Gasteiger partial charge is 0.0324 e. The van der Waals surface area contributed by atoms with Crippen LogP contribution < -0.4 is 5.32 Å². The lowest BCUT2D eigenvalue weighted by Gasteiger charge is -2.25. The molecule has 0 bridgehead atoms. The van der Waals surface area contributed by atoms with Crippen molar-refractivity contribution in [3.63, 3.8) is 0 Å². The minimum Gasteiger partial charge on any atom is -0.310 e. The molecule has 0 saturated carbocycles. The van der Waals surface area contributed by atoms with Crippen LogP contribution in [0.5, 0.6) is 0 Å². The Balaban J connectivity index is 2.75. The van der Waals surface area contributed by atoms with Crippen molar-refractivity contribution in [2.75, 3.05) is 6.54 Å². The maximum Gasteiger partial charge on any atom is 0.0324 e. The van der Waals surface area contributed by atoms with Crippen molar-refractivity contribution in [1.29, 1.82) is 0 Å². The Hall–Kier alpha value is -0.890. The minimum absolute atomic E-state index is 0.397. The third kappa shape index (κ3) is 4.86. The monoisotopic (exact) mass is 234 g/mol. The number of nitrogens with zero attached hydrogens (tertiary/aromatic N) is 1. The van der Waals surface area contributed by atoms with Gasteiger partial charge in [-0.2, -0.15) is 0 Å². The van der Waals surface area contributed by atoms with Gasteiger partial charge in [0.25, 0.3) is 0 Å². The molecule has 0 radical (unpaired) electrons. The normalized spacial score (nSPS) is 13.7. The van der Waals surface area contributed by atoms with Crippen LogP contribution in [-0.4, -0.2) is 11.5 Å². The molecule has 1 unspecified atom stereocenters. The molecule has 2 nitrogen and oxygen atoms in total. The second-order valence-corrected chi connectivity index (χ2v) is 5.94. The topological polar surface area (TPSA) is 24.9 Å². The van der Waals surface area contributed by atoms with Crippen LogP contribution in [0.4, 0.5) is 0 Å². The molecular weight excluding hydrogens is 208 g/mol. The molecule has 1 aromatic rings. The number of hydrogen-bond donors (Lipinski definition) is 1. The maximum absolute atomic E-state index is 4.17. The average molecular weight is 234 g/mol. The summed E-state index contributed by atoms with van der Waals surface area (Å²) < 4.78 is 0. The highest BCUT2D eigenvalue weighted by atomic mass is 14.9. The number of rotatable bonds is 5. The predicted octanol–water partition coefficient (Wildman–Crippen LogP) is 3.87. The van der Waals surface area contributed by atoms with Crippen LogP contribution in [0.15, 0.2) is 18.5 Å². The van der Waals surface area contributed by atoms with E-state index in [-0.39, 0.29) is 0 Å². The summed E-state index contributed by atoms with van der Waals surface area (Å²) in [7, 11) is 0. The molecule has 0 amide bonds. The Kier molecular flexibility index (Phi) is 5.13. The number of hydrogen-bond acceptors (Lipinski definition) is 2. The van der Waals surface area contributed by atoms with E-state index in [2.05, 4.69) is 51.0 Å². The van der Waals surface area contributed by atoms with Crippen molar-refractivity contribution in [3.8, 4) is 0 Å². The van der Waals surface area contributed by atoms with Gasteiger partial charge in [-0.3, -0.25) is 4.98 Å². The molecule has 0 spiro atoms. The van der Waals surface area contributed by atoms with Gasteiger partial charge < -0.3 is 5.32 Å². The average Bonchev–Trinajstić information content (AvgIpc) is 2.24. The second-order valence-electron chi connectivity index (χ2n) is 5.94. The van der Waals surface area contributed by atoms with E-state index in [1.165, 1.54) is 24.0 Å². The Bertz CT molecular complexity index is 339. The molecule has 0 aliphatic rings. The van der Waals surface area contributed by atoms with Crippen molar-refractivity contribution in [1.82, 2.24) is 10.3 Å². The highest BCUT2D eigenvalue weighted by Crippen LogP contribution is 2.28. The molecule has 1 heterocycles. The van der Waals surface area contributed by atoms with Gasteiger partial charge in [-0.1, -0.05) is 27.7 Å². The van der Waals surface area contributed by atoms with Gasteiger partial charge in [0, 0.05) is 18.4 Å². The quantitative estimate of drug-likeness (QED) is 0.836. The van der Waals surface area contributed by atoms with Crippen molar-refractivity contribution < 1.29 is 0 Å². The van der Waals surface area contributed by atoms with Gasteiger partial charge in [0.2, 0.25) is 0 Å². The predicted molar refractivity (Wildman–Crippen MR) is 74.1 cm³/mol. The van der Waals surface area contributed by atoms with E-state index in [0.29, 0.717) is 11.5 Å². The number of pyridine rings is 1. The lowest BCUT2D eigenvalue weighted by Crippen LogP contribution is -2.23.